The number of nitrogens with zero attached hydrogens (tertiary/aromatic N) is 5. The van der Waals surface area contributed by atoms with Crippen molar-refractivity contribution in [3.05, 3.63) is 75.8 Å². The second kappa shape index (κ2) is 18.2. The first kappa shape index (κ1) is 38.6. The van der Waals surface area contributed by atoms with Crippen LogP contribution in [0.4, 0.5) is 5.82 Å². The molecule has 1 aliphatic heterocycles. The van der Waals surface area contributed by atoms with Gasteiger partial charge in [-0.15, -0.1) is 23.7 Å². The normalized spacial score (nSPS) is 13.4. The fourth-order valence-corrected chi connectivity index (χ4v) is 7.01. The topological polar surface area (TPSA) is 167 Å². The van der Waals surface area contributed by atoms with Crippen molar-refractivity contribution >= 4 is 64.9 Å². The van der Waals surface area contributed by atoms with Gasteiger partial charge in [-0.2, -0.15) is 10.5 Å². The molecule has 0 unspecified atom stereocenters. The van der Waals surface area contributed by atoms with Gasteiger partial charge in [-0.25, -0.2) is 19.6 Å². The molecule has 1 saturated heterocycles. The lowest BCUT2D eigenvalue weighted by molar-refractivity contribution is -0.161. The highest BCUT2D eigenvalue weighted by Crippen LogP contribution is 2.40. The summed E-state index contributed by atoms with van der Waals surface area (Å²) in [5.41, 5.74) is 9.20. The minimum atomic E-state index is -0.890. The van der Waals surface area contributed by atoms with E-state index in [2.05, 4.69) is 22.4 Å². The largest absolute Gasteiger partial charge is 0.492 e. The predicted molar refractivity (Wildman–Crippen MR) is 198 cm³/mol. The molecule has 15 heteroatoms. The van der Waals surface area contributed by atoms with Crippen LogP contribution < -0.4 is 20.7 Å². The molecule has 260 valence electrons. The molecule has 2 atom stereocenters. The van der Waals surface area contributed by atoms with Crippen LogP contribution in [0, 0.1) is 22.7 Å². The lowest BCUT2D eigenvalue weighted by Gasteiger charge is -2.22. The maximum Gasteiger partial charge on any atom is 0.330 e. The van der Waals surface area contributed by atoms with Crippen LogP contribution in [-0.2, 0) is 20.1 Å². The van der Waals surface area contributed by atoms with Crippen LogP contribution in [0.2, 0.25) is 5.02 Å². The molecule has 3 heterocycles. The predicted octanol–water partition coefficient (Wildman–Crippen LogP) is 6.36. The zero-order valence-corrected chi connectivity index (χ0v) is 30.6. The molecule has 1 fully saturated rings. The summed E-state index contributed by atoms with van der Waals surface area (Å²) in [7, 11) is 0. The van der Waals surface area contributed by atoms with E-state index < -0.39 is 24.0 Å². The second-order valence-corrected chi connectivity index (χ2v) is 13.6. The van der Waals surface area contributed by atoms with Gasteiger partial charge in [0.1, 0.15) is 58.0 Å². The van der Waals surface area contributed by atoms with Gasteiger partial charge in [0.25, 0.3) is 0 Å². The number of benzene rings is 2. The third-order valence-electron chi connectivity index (χ3n) is 7.66. The average molecular weight is 753 g/mol. The minimum Gasteiger partial charge on any atom is -0.492 e. The number of ether oxygens (including phenoxy) is 2. The summed E-state index contributed by atoms with van der Waals surface area (Å²) in [6.45, 7) is 5.14. The molecule has 11 nitrogen and oxygen atoms in total. The number of nitrogens with two attached hydrogens (primary N) is 1. The van der Waals surface area contributed by atoms with Gasteiger partial charge >= 0.3 is 11.9 Å². The number of anilines is 1. The Balaban J connectivity index is 0.00000562. The Morgan fingerprint density at radius 1 is 1.02 bits per heavy atom. The number of halogens is 2. The van der Waals surface area contributed by atoms with E-state index in [1.54, 1.807) is 19.1 Å². The van der Waals surface area contributed by atoms with E-state index >= 15 is 0 Å². The Hall–Kier alpha value is -4.21. The number of hydrogen-bond acceptors (Lipinski definition) is 13. The highest BCUT2D eigenvalue weighted by atomic mass is 35.5. The molecule has 0 amide bonds. The van der Waals surface area contributed by atoms with E-state index in [0.29, 0.717) is 56.2 Å². The molecule has 2 aromatic carbocycles. The fourth-order valence-electron chi connectivity index (χ4n) is 5.08. The van der Waals surface area contributed by atoms with Gasteiger partial charge in [-0.3, -0.25) is 0 Å². The van der Waals surface area contributed by atoms with Crippen LogP contribution in [0.15, 0.2) is 58.9 Å². The summed E-state index contributed by atoms with van der Waals surface area (Å²) in [4.78, 5) is 35.4. The number of hydrogen-bond donors (Lipinski definition) is 2. The van der Waals surface area contributed by atoms with Crippen molar-refractivity contribution in [1.29, 1.82) is 10.5 Å². The molecule has 4 aromatic rings. The number of carbonyl (C=O) groups is 2. The molecule has 0 spiro atoms. The Morgan fingerprint density at radius 2 is 1.68 bits per heavy atom. The number of thioether (sulfide) groups is 1. The maximum absolute atomic E-state index is 12.0. The molecular weight excluding hydrogens is 717 g/mol. The number of nitriles is 2. The van der Waals surface area contributed by atoms with Crippen molar-refractivity contribution in [2.45, 2.75) is 49.6 Å². The number of nitrogens with one attached hydrogen (secondary N) is 1. The molecule has 5 rings (SSSR count). The van der Waals surface area contributed by atoms with Crippen molar-refractivity contribution in [1.82, 2.24) is 15.3 Å². The fraction of sp³-hybridized carbons (Fsp3) is 0.314. The zero-order valence-electron chi connectivity index (χ0n) is 27.3. The first-order valence-electron chi connectivity index (χ1n) is 15.6. The van der Waals surface area contributed by atoms with E-state index in [1.807, 2.05) is 41.8 Å². The van der Waals surface area contributed by atoms with Gasteiger partial charge in [-0.1, -0.05) is 47.6 Å². The lowest BCUT2D eigenvalue weighted by atomic mass is 9.96. The molecule has 1 aliphatic rings. The third-order valence-corrected chi connectivity index (χ3v) is 9.87. The van der Waals surface area contributed by atoms with E-state index in [1.165, 1.54) is 30.0 Å². The summed E-state index contributed by atoms with van der Waals surface area (Å²) in [5, 5.41) is 27.8. The molecular formula is C35H35Cl2N7O4S2. The molecule has 0 aliphatic carbocycles. The second-order valence-electron chi connectivity index (χ2n) is 11.3. The SMILES string of the molecule is C[C@H](N)C(=O)OC(=O)[C@H](C)NCCOc1ccc(-c2c(C#N)c(SCc3csc(-c4ccc(Cl)cc4)n3)nc(N3CCCC3)c2C#N)cc1.Cl. The van der Waals surface area contributed by atoms with Gasteiger partial charge in [0, 0.05) is 46.9 Å². The van der Waals surface area contributed by atoms with Crippen LogP contribution in [0.1, 0.15) is 43.5 Å². The maximum atomic E-state index is 12.0. The number of esters is 2. The quantitative estimate of drug-likeness (QED) is 0.0673. The number of thiazole rings is 1. The van der Waals surface area contributed by atoms with E-state index in [9.17, 15) is 20.1 Å². The highest BCUT2D eigenvalue weighted by Gasteiger charge is 2.26. The summed E-state index contributed by atoms with van der Waals surface area (Å²) in [6, 6.07) is 17.8. The Kier molecular flexibility index (Phi) is 14.0. The van der Waals surface area contributed by atoms with Gasteiger partial charge in [0.05, 0.1) is 11.3 Å². The molecule has 0 radical (unpaired) electrons. The average Bonchev–Trinajstić information content (AvgIpc) is 3.82. The first-order chi connectivity index (χ1) is 23.7. The number of aromatic nitrogens is 2. The monoisotopic (exact) mass is 751 g/mol. The van der Waals surface area contributed by atoms with Crippen LogP contribution in [0.25, 0.3) is 21.7 Å². The lowest BCUT2D eigenvalue weighted by Crippen LogP contribution is -2.41. The van der Waals surface area contributed by atoms with Crippen LogP contribution in [-0.4, -0.2) is 60.2 Å². The van der Waals surface area contributed by atoms with Crippen molar-refractivity contribution in [3.8, 4) is 39.6 Å². The van der Waals surface area contributed by atoms with E-state index in [-0.39, 0.29) is 19.0 Å². The molecule has 50 heavy (non-hydrogen) atoms. The van der Waals surface area contributed by atoms with Crippen molar-refractivity contribution in [2.24, 2.45) is 5.73 Å². The van der Waals surface area contributed by atoms with Gasteiger partial charge < -0.3 is 25.4 Å². The summed E-state index contributed by atoms with van der Waals surface area (Å²) >= 11 is 9.02. The van der Waals surface area contributed by atoms with E-state index in [4.69, 9.17) is 36.8 Å². The Morgan fingerprint density at radius 3 is 2.32 bits per heavy atom. The summed E-state index contributed by atoms with van der Waals surface area (Å²) in [5.74, 6) is 0.137. The van der Waals surface area contributed by atoms with Crippen molar-refractivity contribution < 1.29 is 19.1 Å². The molecule has 0 bridgehead atoms. The Labute approximate surface area is 310 Å². The molecule has 0 saturated carbocycles. The van der Waals surface area contributed by atoms with Crippen molar-refractivity contribution in [3.63, 3.8) is 0 Å². The summed E-state index contributed by atoms with van der Waals surface area (Å²) in [6.07, 6.45) is 2.01. The zero-order chi connectivity index (χ0) is 34.9. The van der Waals surface area contributed by atoms with Crippen molar-refractivity contribution in [2.75, 3.05) is 31.1 Å². The summed E-state index contributed by atoms with van der Waals surface area (Å²) < 4.78 is 10.6. The van der Waals surface area contributed by atoms with Crippen LogP contribution in [0.3, 0.4) is 0 Å². The molecule has 2 aromatic heterocycles. The first-order valence-corrected chi connectivity index (χ1v) is 17.9. The Bertz CT molecular complexity index is 1890. The number of pyridine rings is 1. The minimum absolute atomic E-state index is 0. The van der Waals surface area contributed by atoms with Crippen LogP contribution >= 0.6 is 47.1 Å². The number of rotatable bonds is 13. The van der Waals surface area contributed by atoms with Gasteiger partial charge in [-0.05, 0) is 56.5 Å². The molecule has 3 N–H and O–H groups in total. The van der Waals surface area contributed by atoms with E-state index in [0.717, 1.165) is 42.2 Å². The van der Waals surface area contributed by atoms with Crippen LogP contribution in [0.5, 0.6) is 5.75 Å². The number of carbonyl (C=O) groups excluding carboxylic acids is 2. The third kappa shape index (κ3) is 9.52. The van der Waals surface area contributed by atoms with Gasteiger partial charge in [0.15, 0.2) is 0 Å². The van der Waals surface area contributed by atoms with Gasteiger partial charge in [0.2, 0.25) is 0 Å². The smallest absolute Gasteiger partial charge is 0.330 e. The highest BCUT2D eigenvalue weighted by molar-refractivity contribution is 7.98. The standard InChI is InChI=1S/C35H34ClN7O4S2.ClH/c1-21(39)34(44)47-35(45)22(2)40-13-16-46-27-11-7-23(8-12-27)30-28(17-37)31(43-14-3-4-15-43)42-33(29(30)18-38)49-20-26-19-48-32(41-26)24-5-9-25(36)10-6-24;/h5-12,19,21-22,40H,3-4,13-16,20,39H2,1-2H3;1H/t21-,22-;/m0./s1.